The monoisotopic (exact) mass is 517 g/mol. The van der Waals surface area contributed by atoms with Crippen LogP contribution in [0.3, 0.4) is 0 Å². The molecule has 0 saturated carbocycles. The number of piperazine rings is 1. The smallest absolute Gasteiger partial charge is 0.254 e. The Hall–Kier alpha value is -3.53. The number of benzene rings is 3. The summed E-state index contributed by atoms with van der Waals surface area (Å²) in [5.74, 6) is -0.227. The molecule has 0 aliphatic carbocycles. The second-order valence-corrected chi connectivity index (χ2v) is 11.3. The normalized spacial score (nSPS) is 15.6. The highest BCUT2D eigenvalue weighted by Gasteiger charge is 2.28. The van der Waals surface area contributed by atoms with Gasteiger partial charge in [0, 0.05) is 54.5 Å². The van der Waals surface area contributed by atoms with Crippen LogP contribution >= 0.6 is 0 Å². The van der Waals surface area contributed by atoms with Gasteiger partial charge in [0.2, 0.25) is 10.0 Å². The van der Waals surface area contributed by atoms with Crippen LogP contribution in [0.4, 0.5) is 0 Å². The maximum atomic E-state index is 12.9. The molecule has 2 heterocycles. The number of aryl methyl sites for hydroxylation is 2. The van der Waals surface area contributed by atoms with Crippen molar-refractivity contribution in [3.63, 3.8) is 0 Å². The van der Waals surface area contributed by atoms with Crippen LogP contribution in [0.2, 0.25) is 0 Å². The SMILES string of the molecule is CCn1c2ccccc2c2cc(C=NNC(=O)CN3CCN(S(=O)(=O)c4ccc(C)cc4)CC3)ccc21. The minimum Gasteiger partial charge on any atom is -0.341 e. The molecule has 5 rings (SSSR count). The Bertz CT molecular complexity index is 1570. The molecule has 8 nitrogen and oxygen atoms in total. The second kappa shape index (κ2) is 10.5. The molecule has 1 amide bonds. The number of hydrazone groups is 1. The van der Waals surface area contributed by atoms with Crippen LogP contribution in [0.1, 0.15) is 18.1 Å². The van der Waals surface area contributed by atoms with E-state index in [1.165, 1.54) is 20.7 Å². The molecule has 1 N–H and O–H groups in total. The number of amides is 1. The predicted molar refractivity (Wildman–Crippen MR) is 147 cm³/mol. The topological polar surface area (TPSA) is 87.0 Å². The lowest BCUT2D eigenvalue weighted by atomic mass is 10.1. The molecule has 4 aromatic rings. The Morgan fingerprint density at radius 2 is 1.65 bits per heavy atom. The third-order valence-corrected chi connectivity index (χ3v) is 8.79. The van der Waals surface area contributed by atoms with Crippen molar-refractivity contribution in [1.29, 1.82) is 0 Å². The van der Waals surface area contributed by atoms with Crippen molar-refractivity contribution in [2.75, 3.05) is 32.7 Å². The van der Waals surface area contributed by atoms with E-state index in [0.717, 1.165) is 23.1 Å². The molecule has 192 valence electrons. The molecule has 0 atom stereocenters. The molecule has 0 spiro atoms. The van der Waals surface area contributed by atoms with Crippen molar-refractivity contribution in [2.45, 2.75) is 25.3 Å². The first-order valence-corrected chi connectivity index (χ1v) is 13.9. The van der Waals surface area contributed by atoms with Crippen molar-refractivity contribution >= 4 is 44.0 Å². The quantitative estimate of drug-likeness (QED) is 0.300. The van der Waals surface area contributed by atoms with Crippen LogP contribution < -0.4 is 5.43 Å². The van der Waals surface area contributed by atoms with Gasteiger partial charge in [-0.15, -0.1) is 0 Å². The average molecular weight is 518 g/mol. The Balaban J connectivity index is 1.17. The summed E-state index contributed by atoms with van der Waals surface area (Å²) in [4.78, 5) is 14.7. The van der Waals surface area contributed by atoms with Crippen LogP contribution in [0, 0.1) is 6.92 Å². The fraction of sp³-hybridized carbons (Fsp3) is 0.286. The molecule has 1 fully saturated rings. The molecule has 0 unspecified atom stereocenters. The number of rotatable bonds is 7. The molecule has 37 heavy (non-hydrogen) atoms. The molecule has 9 heteroatoms. The summed E-state index contributed by atoms with van der Waals surface area (Å²) >= 11 is 0. The first-order valence-electron chi connectivity index (χ1n) is 12.5. The van der Waals surface area contributed by atoms with Crippen LogP contribution in [0.25, 0.3) is 21.8 Å². The number of hydrogen-bond acceptors (Lipinski definition) is 5. The minimum atomic E-state index is -3.52. The fourth-order valence-corrected chi connectivity index (χ4v) is 6.32. The van der Waals surface area contributed by atoms with Crippen molar-refractivity contribution in [3.05, 3.63) is 77.9 Å². The van der Waals surface area contributed by atoms with Gasteiger partial charge >= 0.3 is 0 Å². The molecule has 1 saturated heterocycles. The summed E-state index contributed by atoms with van der Waals surface area (Å²) in [7, 11) is -3.52. The second-order valence-electron chi connectivity index (χ2n) is 9.32. The molecular formula is C28H31N5O3S. The Morgan fingerprint density at radius 3 is 2.38 bits per heavy atom. The van der Waals surface area contributed by atoms with Crippen LogP contribution in [0.15, 0.2) is 76.7 Å². The molecular weight excluding hydrogens is 486 g/mol. The summed E-state index contributed by atoms with van der Waals surface area (Å²) in [6, 6.07) is 21.4. The summed E-state index contributed by atoms with van der Waals surface area (Å²) < 4.78 is 29.5. The van der Waals surface area contributed by atoms with Crippen molar-refractivity contribution in [3.8, 4) is 0 Å². The molecule has 3 aromatic carbocycles. The summed E-state index contributed by atoms with van der Waals surface area (Å²) in [5, 5.41) is 6.51. The third kappa shape index (κ3) is 5.16. The molecule has 1 aromatic heterocycles. The fourth-order valence-electron chi connectivity index (χ4n) is 4.90. The summed E-state index contributed by atoms with van der Waals surface area (Å²) in [5.41, 5.74) is 6.90. The number of carbonyl (C=O) groups excluding carboxylic acids is 1. The highest BCUT2D eigenvalue weighted by Crippen LogP contribution is 2.29. The van der Waals surface area contributed by atoms with Gasteiger partial charge in [0.25, 0.3) is 5.91 Å². The highest BCUT2D eigenvalue weighted by atomic mass is 32.2. The minimum absolute atomic E-state index is 0.165. The Labute approximate surface area is 217 Å². The van der Waals surface area contributed by atoms with Crippen LogP contribution in [0.5, 0.6) is 0 Å². The number of fused-ring (bicyclic) bond motifs is 3. The first-order chi connectivity index (χ1) is 17.9. The van der Waals surface area contributed by atoms with E-state index in [0.29, 0.717) is 31.1 Å². The van der Waals surface area contributed by atoms with Gasteiger partial charge in [-0.3, -0.25) is 9.69 Å². The van der Waals surface area contributed by atoms with Gasteiger partial charge in [0.1, 0.15) is 0 Å². The van der Waals surface area contributed by atoms with Crippen LogP contribution in [-0.4, -0.2) is 67.0 Å². The van der Waals surface area contributed by atoms with E-state index in [1.807, 2.05) is 30.0 Å². The van der Waals surface area contributed by atoms with Crippen molar-refractivity contribution in [1.82, 2.24) is 19.2 Å². The van der Waals surface area contributed by atoms with Crippen molar-refractivity contribution in [2.24, 2.45) is 5.10 Å². The van der Waals surface area contributed by atoms with Crippen molar-refractivity contribution < 1.29 is 13.2 Å². The lowest BCUT2D eigenvalue weighted by Gasteiger charge is -2.33. The number of aromatic nitrogens is 1. The average Bonchev–Trinajstić information content (AvgIpc) is 3.22. The number of sulfonamides is 1. The van der Waals surface area contributed by atoms with Gasteiger partial charge in [-0.25, -0.2) is 13.8 Å². The van der Waals surface area contributed by atoms with Gasteiger partial charge in [-0.1, -0.05) is 42.0 Å². The first kappa shape index (κ1) is 25.1. The summed E-state index contributed by atoms with van der Waals surface area (Å²) in [6.07, 6.45) is 1.65. The Morgan fingerprint density at radius 1 is 0.946 bits per heavy atom. The standard InChI is InChI=1S/C28H31N5O3S/c1-3-33-26-7-5-4-6-24(26)25-18-22(10-13-27(25)33)19-29-30-28(34)20-31-14-16-32(17-15-31)37(35,36)23-11-8-21(2)9-12-23/h4-13,18-19H,3,14-17,20H2,1-2H3,(H,30,34). The molecule has 1 aliphatic heterocycles. The van der Waals surface area contributed by atoms with E-state index < -0.39 is 10.0 Å². The van der Waals surface area contributed by atoms with Gasteiger partial charge in [0.15, 0.2) is 0 Å². The zero-order chi connectivity index (χ0) is 26.0. The van der Waals surface area contributed by atoms with Gasteiger partial charge in [-0.2, -0.15) is 9.41 Å². The van der Waals surface area contributed by atoms with Gasteiger partial charge < -0.3 is 4.57 Å². The zero-order valence-corrected chi connectivity index (χ0v) is 21.9. The molecule has 1 aliphatic rings. The van der Waals surface area contributed by atoms with E-state index >= 15 is 0 Å². The van der Waals surface area contributed by atoms with E-state index in [9.17, 15) is 13.2 Å². The third-order valence-electron chi connectivity index (χ3n) is 6.87. The molecule has 0 bridgehead atoms. The van der Waals surface area contributed by atoms with E-state index in [1.54, 1.807) is 30.5 Å². The largest absolute Gasteiger partial charge is 0.341 e. The number of para-hydroxylation sites is 1. The number of nitrogens with zero attached hydrogens (tertiary/aromatic N) is 4. The van der Waals surface area contributed by atoms with Crippen LogP contribution in [-0.2, 0) is 21.4 Å². The van der Waals surface area contributed by atoms with Gasteiger partial charge in [-0.05, 0) is 49.7 Å². The summed E-state index contributed by atoms with van der Waals surface area (Å²) in [6.45, 7) is 6.78. The molecule has 0 radical (unpaired) electrons. The lowest BCUT2D eigenvalue weighted by molar-refractivity contribution is -0.122. The number of hydrogen-bond donors (Lipinski definition) is 1. The lowest BCUT2D eigenvalue weighted by Crippen LogP contribution is -2.50. The maximum absolute atomic E-state index is 12.9. The Kier molecular flexibility index (Phi) is 7.10. The van der Waals surface area contributed by atoms with E-state index in [4.69, 9.17) is 0 Å². The predicted octanol–water partition coefficient (Wildman–Crippen LogP) is 3.58. The zero-order valence-electron chi connectivity index (χ0n) is 21.1. The number of nitrogens with one attached hydrogen (secondary N) is 1. The van der Waals surface area contributed by atoms with E-state index in [-0.39, 0.29) is 12.5 Å². The highest BCUT2D eigenvalue weighted by molar-refractivity contribution is 7.89. The van der Waals surface area contributed by atoms with E-state index in [2.05, 4.69) is 46.3 Å². The maximum Gasteiger partial charge on any atom is 0.254 e. The van der Waals surface area contributed by atoms with Gasteiger partial charge in [0.05, 0.1) is 17.7 Å². The number of carbonyl (C=O) groups is 1.